The largest absolute Gasteiger partial charge is 0.311 e. The second-order valence-electron chi connectivity index (χ2n) is 4.33. The molecule has 0 aromatic rings. The van der Waals surface area contributed by atoms with Crippen LogP contribution >= 0.6 is 0 Å². The highest BCUT2D eigenvalue weighted by atomic mass is 14.9. The Hall–Kier alpha value is -0.0400. The maximum absolute atomic E-state index is 3.81. The molecule has 0 heterocycles. The van der Waals surface area contributed by atoms with Crippen molar-refractivity contribution in [3.05, 3.63) is 0 Å². The molecule has 0 aromatic heterocycles. The summed E-state index contributed by atoms with van der Waals surface area (Å²) in [5.41, 5.74) is 0. The Morgan fingerprint density at radius 2 is 1.14 bits per heavy atom. The van der Waals surface area contributed by atoms with Gasteiger partial charge in [0.1, 0.15) is 0 Å². The van der Waals surface area contributed by atoms with Gasteiger partial charge in [0.05, 0.1) is 0 Å². The first-order chi connectivity index (χ1) is 6.78. The van der Waals surface area contributed by atoms with Crippen LogP contribution in [0.15, 0.2) is 0 Å². The summed E-state index contributed by atoms with van der Waals surface area (Å²) < 4.78 is 0. The first kappa shape index (κ1) is 14.0. The summed E-state index contributed by atoms with van der Waals surface area (Å²) >= 11 is 0. The predicted molar refractivity (Wildman–Crippen MR) is 65.7 cm³/mol. The minimum Gasteiger partial charge on any atom is -0.311 e. The van der Waals surface area contributed by atoms with Gasteiger partial charge in [0, 0.05) is 12.1 Å². The van der Waals surface area contributed by atoms with Gasteiger partial charge in [-0.15, -0.1) is 0 Å². The summed E-state index contributed by atoms with van der Waals surface area (Å²) in [5, 5.41) is 3.81. The number of nitrogens with one attached hydrogen (secondary N) is 1. The zero-order valence-electron chi connectivity index (χ0n) is 10.6. The smallest absolute Gasteiger partial charge is 0.00694 e. The van der Waals surface area contributed by atoms with Gasteiger partial charge in [-0.3, -0.25) is 0 Å². The van der Waals surface area contributed by atoms with E-state index >= 15 is 0 Å². The molecule has 1 N–H and O–H groups in total. The Labute approximate surface area is 90.7 Å². The van der Waals surface area contributed by atoms with E-state index in [1.807, 2.05) is 0 Å². The Kier molecular flexibility index (Phi) is 9.49. The van der Waals surface area contributed by atoms with Crippen LogP contribution in [0.1, 0.15) is 72.6 Å². The van der Waals surface area contributed by atoms with Crippen molar-refractivity contribution in [1.82, 2.24) is 5.32 Å². The summed E-state index contributed by atoms with van der Waals surface area (Å²) in [5.74, 6) is 0. The van der Waals surface area contributed by atoms with Crippen LogP contribution in [0.5, 0.6) is 0 Å². The third-order valence-electron chi connectivity index (χ3n) is 2.88. The first-order valence-electron chi connectivity index (χ1n) is 6.54. The minimum atomic E-state index is 0.753. The van der Waals surface area contributed by atoms with Crippen molar-refractivity contribution in [2.75, 3.05) is 0 Å². The maximum Gasteiger partial charge on any atom is 0.00694 e. The first-order valence-corrected chi connectivity index (χ1v) is 6.54. The molecule has 1 nitrogen and oxygen atoms in total. The third-order valence-corrected chi connectivity index (χ3v) is 2.88. The van der Waals surface area contributed by atoms with Gasteiger partial charge in [-0.25, -0.2) is 0 Å². The van der Waals surface area contributed by atoms with Gasteiger partial charge in [-0.1, -0.05) is 47.0 Å². The van der Waals surface area contributed by atoms with Crippen molar-refractivity contribution in [3.8, 4) is 0 Å². The van der Waals surface area contributed by atoms with Crippen molar-refractivity contribution in [1.29, 1.82) is 0 Å². The summed E-state index contributed by atoms with van der Waals surface area (Å²) in [6.45, 7) is 9.14. The van der Waals surface area contributed by atoms with E-state index in [2.05, 4.69) is 33.0 Å². The van der Waals surface area contributed by atoms with E-state index in [0.717, 1.165) is 12.1 Å². The molecule has 0 aromatic carbocycles. The van der Waals surface area contributed by atoms with Crippen LogP contribution < -0.4 is 5.32 Å². The van der Waals surface area contributed by atoms with E-state index in [9.17, 15) is 0 Å². The Balaban J connectivity index is 3.83. The van der Waals surface area contributed by atoms with E-state index in [1.54, 1.807) is 0 Å². The topological polar surface area (TPSA) is 12.0 Å². The zero-order valence-corrected chi connectivity index (χ0v) is 10.6. The molecule has 14 heavy (non-hydrogen) atoms. The molecule has 0 saturated heterocycles. The van der Waals surface area contributed by atoms with Gasteiger partial charge >= 0.3 is 0 Å². The third kappa shape index (κ3) is 6.42. The van der Waals surface area contributed by atoms with E-state index in [-0.39, 0.29) is 0 Å². The van der Waals surface area contributed by atoms with Crippen molar-refractivity contribution in [3.63, 3.8) is 0 Å². The molecule has 0 radical (unpaired) electrons. The molecular weight excluding hydrogens is 170 g/mol. The van der Waals surface area contributed by atoms with E-state index in [0.29, 0.717) is 0 Å². The van der Waals surface area contributed by atoms with Gasteiger partial charge < -0.3 is 5.32 Å². The Bertz CT molecular complexity index is 106. The number of rotatable bonds is 9. The Morgan fingerprint density at radius 3 is 1.50 bits per heavy atom. The van der Waals surface area contributed by atoms with Gasteiger partial charge in [-0.2, -0.15) is 0 Å². The molecule has 0 fully saturated rings. The fourth-order valence-corrected chi connectivity index (χ4v) is 2.10. The second-order valence-corrected chi connectivity index (χ2v) is 4.33. The van der Waals surface area contributed by atoms with Crippen LogP contribution in [0.3, 0.4) is 0 Å². The summed E-state index contributed by atoms with van der Waals surface area (Å²) in [6, 6.07) is 1.52. The van der Waals surface area contributed by atoms with Crippen molar-refractivity contribution in [2.45, 2.75) is 84.7 Å². The standard InChI is InChI=1S/C13H29N/c1-5-9-12(8-4)14-13(10-6-2)11-7-3/h12-14H,5-11H2,1-4H3. The van der Waals surface area contributed by atoms with Crippen LogP contribution in [0.25, 0.3) is 0 Å². The maximum atomic E-state index is 3.81. The molecule has 1 unspecified atom stereocenters. The van der Waals surface area contributed by atoms with Crippen LogP contribution in [-0.4, -0.2) is 12.1 Å². The SMILES string of the molecule is CCCC(CC)NC(CCC)CCC. The summed E-state index contributed by atoms with van der Waals surface area (Å²) in [4.78, 5) is 0. The summed E-state index contributed by atoms with van der Waals surface area (Å²) in [6.07, 6.45) is 9.21. The van der Waals surface area contributed by atoms with Gasteiger partial charge in [-0.05, 0) is 25.7 Å². The zero-order chi connectivity index (χ0) is 10.8. The lowest BCUT2D eigenvalue weighted by Crippen LogP contribution is -2.37. The molecule has 86 valence electrons. The average Bonchev–Trinajstić information content (AvgIpc) is 2.18. The normalized spacial score (nSPS) is 13.5. The highest BCUT2D eigenvalue weighted by Crippen LogP contribution is 2.09. The van der Waals surface area contributed by atoms with Crippen molar-refractivity contribution >= 4 is 0 Å². The predicted octanol–water partition coefficient (Wildman–Crippen LogP) is 4.12. The van der Waals surface area contributed by atoms with Crippen LogP contribution in [0, 0.1) is 0 Å². The molecule has 1 heteroatoms. The van der Waals surface area contributed by atoms with Crippen LogP contribution in [0.2, 0.25) is 0 Å². The van der Waals surface area contributed by atoms with Crippen molar-refractivity contribution in [2.24, 2.45) is 0 Å². The molecule has 0 rings (SSSR count). The van der Waals surface area contributed by atoms with Gasteiger partial charge in [0.2, 0.25) is 0 Å². The molecule has 0 aliphatic carbocycles. The Morgan fingerprint density at radius 1 is 0.714 bits per heavy atom. The molecule has 0 amide bonds. The molecule has 0 aliphatic heterocycles. The van der Waals surface area contributed by atoms with E-state index < -0.39 is 0 Å². The highest BCUT2D eigenvalue weighted by Gasteiger charge is 2.11. The number of hydrogen-bond acceptors (Lipinski definition) is 1. The fourth-order valence-electron chi connectivity index (χ4n) is 2.10. The van der Waals surface area contributed by atoms with E-state index in [1.165, 1.54) is 44.9 Å². The monoisotopic (exact) mass is 199 g/mol. The number of hydrogen-bond donors (Lipinski definition) is 1. The quantitative estimate of drug-likeness (QED) is 0.589. The molecule has 0 bridgehead atoms. The molecule has 0 aliphatic rings. The van der Waals surface area contributed by atoms with Crippen molar-refractivity contribution < 1.29 is 0 Å². The lowest BCUT2D eigenvalue weighted by atomic mass is 10.0. The molecule has 0 saturated carbocycles. The molecule has 0 spiro atoms. The lowest BCUT2D eigenvalue weighted by Gasteiger charge is -2.24. The fraction of sp³-hybridized carbons (Fsp3) is 1.00. The van der Waals surface area contributed by atoms with E-state index in [4.69, 9.17) is 0 Å². The average molecular weight is 199 g/mol. The van der Waals surface area contributed by atoms with Crippen LogP contribution in [0.4, 0.5) is 0 Å². The lowest BCUT2D eigenvalue weighted by molar-refractivity contribution is 0.361. The second kappa shape index (κ2) is 9.51. The van der Waals surface area contributed by atoms with Gasteiger partial charge in [0.15, 0.2) is 0 Å². The highest BCUT2D eigenvalue weighted by molar-refractivity contribution is 4.72. The van der Waals surface area contributed by atoms with Gasteiger partial charge in [0.25, 0.3) is 0 Å². The molecular formula is C13H29N. The minimum absolute atomic E-state index is 0.753. The van der Waals surface area contributed by atoms with Crippen LogP contribution in [-0.2, 0) is 0 Å². The molecule has 1 atom stereocenters. The summed E-state index contributed by atoms with van der Waals surface area (Å²) in [7, 11) is 0.